The average Bonchev–Trinajstić information content (AvgIpc) is 3.03. The molecule has 29 heavy (non-hydrogen) atoms. The van der Waals surface area contributed by atoms with Crippen molar-refractivity contribution >= 4 is 47.2 Å². The molecular formula is C22H20ClNO4S. The Bertz CT molecular complexity index is 967. The molecule has 1 spiro atoms. The van der Waals surface area contributed by atoms with Crippen molar-refractivity contribution in [3.8, 4) is 0 Å². The van der Waals surface area contributed by atoms with Gasteiger partial charge in [-0.1, -0.05) is 54.1 Å². The maximum Gasteiger partial charge on any atom is 0.305 e. The van der Waals surface area contributed by atoms with Crippen molar-refractivity contribution < 1.29 is 19.1 Å². The van der Waals surface area contributed by atoms with Gasteiger partial charge in [0.1, 0.15) is 11.0 Å². The average molecular weight is 430 g/mol. The molecule has 0 radical (unpaired) electrons. The molecule has 0 bridgehead atoms. The van der Waals surface area contributed by atoms with E-state index in [1.807, 2.05) is 42.5 Å². The van der Waals surface area contributed by atoms with Crippen LogP contribution in [0.2, 0.25) is 5.02 Å². The van der Waals surface area contributed by atoms with E-state index in [1.165, 1.54) is 18.9 Å². The molecule has 5 nitrogen and oxygen atoms in total. The number of hydrogen-bond donors (Lipinski definition) is 1. The van der Waals surface area contributed by atoms with Crippen molar-refractivity contribution in [3.05, 3.63) is 64.7 Å². The molecule has 0 saturated carbocycles. The first-order chi connectivity index (χ1) is 14.0. The van der Waals surface area contributed by atoms with Gasteiger partial charge in [0.25, 0.3) is 0 Å². The highest BCUT2D eigenvalue weighted by Gasteiger charge is 2.60. The van der Waals surface area contributed by atoms with E-state index in [2.05, 4.69) is 5.32 Å². The molecular weight excluding hydrogens is 410 g/mol. The number of aldehydes is 1. The highest BCUT2D eigenvalue weighted by atomic mass is 35.5. The summed E-state index contributed by atoms with van der Waals surface area (Å²) < 4.78 is 3.85. The fraction of sp³-hybridized carbons (Fsp3) is 0.318. The van der Waals surface area contributed by atoms with Crippen molar-refractivity contribution in [1.82, 2.24) is 0 Å². The minimum atomic E-state index is -0.986. The summed E-state index contributed by atoms with van der Waals surface area (Å²) in [6.07, 6.45) is 1.03. The lowest BCUT2D eigenvalue weighted by Gasteiger charge is -2.46. The fourth-order valence-corrected chi connectivity index (χ4v) is 6.54. The van der Waals surface area contributed by atoms with Gasteiger partial charge in [-0.2, -0.15) is 0 Å². The largest absolute Gasteiger partial charge is 0.469 e. The molecule has 0 aliphatic carbocycles. The first-order valence-electron chi connectivity index (χ1n) is 9.34. The summed E-state index contributed by atoms with van der Waals surface area (Å²) in [5.41, 5.74) is 2.27. The van der Waals surface area contributed by atoms with Crippen LogP contribution in [0.1, 0.15) is 23.5 Å². The Balaban J connectivity index is 1.89. The number of fused-ring (bicyclic) bond motifs is 2. The van der Waals surface area contributed by atoms with Crippen LogP contribution in [-0.2, 0) is 23.9 Å². The first kappa shape index (κ1) is 20.0. The van der Waals surface area contributed by atoms with Gasteiger partial charge in [0.15, 0.2) is 0 Å². The molecule has 2 aliphatic heterocycles. The molecule has 2 heterocycles. The third kappa shape index (κ3) is 3.15. The van der Waals surface area contributed by atoms with Crippen LogP contribution >= 0.6 is 23.4 Å². The Morgan fingerprint density at radius 2 is 2.03 bits per heavy atom. The number of halogens is 1. The number of hydrogen-bond acceptors (Lipinski definition) is 5. The molecule has 1 N–H and O–H groups in total. The Morgan fingerprint density at radius 3 is 2.72 bits per heavy atom. The van der Waals surface area contributed by atoms with E-state index >= 15 is 0 Å². The summed E-state index contributed by atoms with van der Waals surface area (Å²) in [6.45, 7) is 0. The van der Waals surface area contributed by atoms with Gasteiger partial charge in [0.2, 0.25) is 5.91 Å². The molecule has 1 fully saturated rings. The zero-order valence-corrected chi connectivity index (χ0v) is 17.3. The Kier molecular flexibility index (Phi) is 5.40. The monoisotopic (exact) mass is 429 g/mol. The normalized spacial score (nSPS) is 27.9. The summed E-state index contributed by atoms with van der Waals surface area (Å²) in [4.78, 5) is 37.7. The summed E-state index contributed by atoms with van der Waals surface area (Å²) in [5, 5.41) is 3.41. The highest BCUT2D eigenvalue weighted by Crippen LogP contribution is 2.62. The second-order valence-electron chi connectivity index (χ2n) is 7.31. The number of methoxy groups -OCH3 is 1. The molecule has 4 atom stereocenters. The van der Waals surface area contributed by atoms with Gasteiger partial charge >= 0.3 is 5.97 Å². The summed E-state index contributed by atoms with van der Waals surface area (Å²) in [6, 6.07) is 15.0. The standard InChI is InChI=1S/C22H20ClNO4S/c1-28-18(26)10-14-12-29-22(16-8-5-9-17(23)20(16)24-21(22)27)19(15(14)11-25)13-6-3-2-4-7-13/h2-9,11,14-15,19H,10,12H2,1H3,(H,24,27). The van der Waals surface area contributed by atoms with E-state index in [1.54, 1.807) is 6.07 Å². The van der Waals surface area contributed by atoms with Gasteiger partial charge in [-0.3, -0.25) is 9.59 Å². The van der Waals surface area contributed by atoms with Crippen LogP contribution in [0, 0.1) is 11.8 Å². The van der Waals surface area contributed by atoms with Gasteiger partial charge in [0.05, 0.1) is 17.8 Å². The smallest absolute Gasteiger partial charge is 0.305 e. The lowest BCUT2D eigenvalue weighted by molar-refractivity contribution is -0.142. The van der Waals surface area contributed by atoms with Crippen molar-refractivity contribution in [3.63, 3.8) is 0 Å². The number of amides is 1. The molecule has 1 saturated heterocycles. The number of benzene rings is 2. The van der Waals surface area contributed by atoms with Gasteiger partial charge < -0.3 is 14.8 Å². The summed E-state index contributed by atoms with van der Waals surface area (Å²) in [7, 11) is 1.34. The zero-order valence-electron chi connectivity index (χ0n) is 15.8. The van der Waals surface area contributed by atoms with E-state index in [4.69, 9.17) is 16.3 Å². The number of thioether (sulfide) groups is 1. The van der Waals surface area contributed by atoms with E-state index in [9.17, 15) is 14.4 Å². The molecule has 150 valence electrons. The Hall–Kier alpha value is -2.31. The topological polar surface area (TPSA) is 72.5 Å². The van der Waals surface area contributed by atoms with Crippen LogP contribution in [0.5, 0.6) is 0 Å². The lowest BCUT2D eigenvalue weighted by Crippen LogP contribution is -2.48. The number of esters is 1. The number of anilines is 1. The predicted octanol–water partition coefficient (Wildman–Crippen LogP) is 4.01. The van der Waals surface area contributed by atoms with Crippen molar-refractivity contribution in [1.29, 1.82) is 0 Å². The van der Waals surface area contributed by atoms with Gasteiger partial charge in [-0.15, -0.1) is 11.8 Å². The molecule has 4 rings (SSSR count). The summed E-state index contributed by atoms with van der Waals surface area (Å²) in [5.74, 6) is -1.23. The quantitative estimate of drug-likeness (QED) is 0.587. The van der Waals surface area contributed by atoms with Crippen LogP contribution in [0.15, 0.2) is 48.5 Å². The molecule has 1 amide bonds. The highest BCUT2D eigenvalue weighted by molar-refractivity contribution is 8.01. The third-order valence-electron chi connectivity index (χ3n) is 5.85. The van der Waals surface area contributed by atoms with Crippen LogP contribution in [0.25, 0.3) is 0 Å². The molecule has 2 aromatic carbocycles. The van der Waals surface area contributed by atoms with Crippen molar-refractivity contribution in [2.75, 3.05) is 18.2 Å². The zero-order chi connectivity index (χ0) is 20.6. The van der Waals surface area contributed by atoms with E-state index in [0.29, 0.717) is 16.5 Å². The van der Waals surface area contributed by atoms with Gasteiger partial charge in [-0.05, 0) is 23.3 Å². The van der Waals surface area contributed by atoms with Gasteiger partial charge in [0, 0.05) is 23.8 Å². The van der Waals surface area contributed by atoms with Crippen LogP contribution in [0.4, 0.5) is 5.69 Å². The first-order valence-corrected chi connectivity index (χ1v) is 10.7. The minimum Gasteiger partial charge on any atom is -0.469 e. The molecule has 2 aromatic rings. The predicted molar refractivity (Wildman–Crippen MR) is 113 cm³/mol. The van der Waals surface area contributed by atoms with Crippen molar-refractivity contribution in [2.24, 2.45) is 11.8 Å². The molecule has 2 aliphatic rings. The molecule has 7 heteroatoms. The number of carbonyl (C=O) groups is 3. The molecule has 0 aromatic heterocycles. The fourth-order valence-electron chi connectivity index (χ4n) is 4.52. The number of ether oxygens (including phenoxy) is 1. The lowest BCUT2D eigenvalue weighted by atomic mass is 9.68. The van der Waals surface area contributed by atoms with Crippen LogP contribution < -0.4 is 5.32 Å². The second-order valence-corrected chi connectivity index (χ2v) is 8.98. The SMILES string of the molecule is COC(=O)CC1CSC2(C(=O)Nc3c(Cl)cccc32)C(c2ccccc2)C1C=O. The number of para-hydroxylation sites is 1. The number of rotatable bonds is 4. The summed E-state index contributed by atoms with van der Waals surface area (Å²) >= 11 is 7.84. The van der Waals surface area contributed by atoms with Crippen LogP contribution in [0.3, 0.4) is 0 Å². The van der Waals surface area contributed by atoms with Crippen LogP contribution in [-0.4, -0.2) is 31.0 Å². The minimum absolute atomic E-state index is 0.135. The Morgan fingerprint density at radius 1 is 1.28 bits per heavy atom. The van der Waals surface area contributed by atoms with E-state index < -0.39 is 16.6 Å². The molecule has 4 unspecified atom stereocenters. The maximum absolute atomic E-state index is 13.4. The van der Waals surface area contributed by atoms with E-state index in [-0.39, 0.29) is 24.2 Å². The third-order valence-corrected chi connectivity index (χ3v) is 7.88. The van der Waals surface area contributed by atoms with Crippen molar-refractivity contribution in [2.45, 2.75) is 17.1 Å². The number of nitrogens with one attached hydrogen (secondary N) is 1. The van der Waals surface area contributed by atoms with Gasteiger partial charge in [-0.25, -0.2) is 0 Å². The second kappa shape index (κ2) is 7.84. The number of carbonyl (C=O) groups excluding carboxylic acids is 3. The maximum atomic E-state index is 13.4. The van der Waals surface area contributed by atoms with E-state index in [0.717, 1.165) is 17.4 Å². The Labute approximate surface area is 178 Å².